The Morgan fingerprint density at radius 3 is 2.77 bits per heavy atom. The molecule has 158 valence electrons. The van der Waals surface area contributed by atoms with Crippen LogP contribution in [-0.2, 0) is 20.9 Å². The molecule has 0 aliphatic carbocycles. The molecule has 1 heterocycles. The molecule has 1 aliphatic heterocycles. The van der Waals surface area contributed by atoms with Gasteiger partial charge in [-0.2, -0.15) is 5.10 Å². The first-order chi connectivity index (χ1) is 14.5. The molecule has 0 fully saturated rings. The van der Waals surface area contributed by atoms with E-state index in [1.54, 1.807) is 7.11 Å². The van der Waals surface area contributed by atoms with Crippen molar-refractivity contribution in [2.24, 2.45) is 5.10 Å². The summed E-state index contributed by atoms with van der Waals surface area (Å²) in [6, 6.07) is 13.4. The van der Waals surface area contributed by atoms with Crippen LogP contribution in [-0.4, -0.2) is 37.8 Å². The minimum Gasteiger partial charge on any atom is -0.491 e. The molecule has 3 rings (SSSR count). The lowest BCUT2D eigenvalue weighted by molar-refractivity contribution is -0.119. The molecule has 0 radical (unpaired) electrons. The van der Waals surface area contributed by atoms with Crippen LogP contribution in [0.1, 0.15) is 29.5 Å². The summed E-state index contributed by atoms with van der Waals surface area (Å²) in [4.78, 5) is 25.1. The summed E-state index contributed by atoms with van der Waals surface area (Å²) in [5, 5.41) is 8.60. The zero-order valence-corrected chi connectivity index (χ0v) is 17.6. The maximum atomic E-state index is 12.7. The van der Waals surface area contributed by atoms with E-state index in [4.69, 9.17) is 9.47 Å². The maximum Gasteiger partial charge on any atom is 0.267 e. The third kappa shape index (κ3) is 5.45. The van der Waals surface area contributed by atoms with Crippen LogP contribution in [0.15, 0.2) is 47.6 Å². The second kappa shape index (κ2) is 10.0. The zero-order chi connectivity index (χ0) is 21.5. The van der Waals surface area contributed by atoms with Crippen molar-refractivity contribution in [2.45, 2.75) is 33.2 Å². The van der Waals surface area contributed by atoms with Gasteiger partial charge in [0.25, 0.3) is 5.91 Å². The van der Waals surface area contributed by atoms with E-state index in [1.165, 1.54) is 5.01 Å². The highest BCUT2D eigenvalue weighted by Gasteiger charge is 2.26. The van der Waals surface area contributed by atoms with Gasteiger partial charge in [0, 0.05) is 26.5 Å². The molecular formula is C23H27N3O4. The van der Waals surface area contributed by atoms with Crippen molar-refractivity contribution in [2.75, 3.05) is 25.3 Å². The van der Waals surface area contributed by atoms with Gasteiger partial charge in [-0.3, -0.25) is 9.59 Å². The number of rotatable bonds is 8. The molecule has 2 aromatic carbocycles. The second-order valence-corrected chi connectivity index (χ2v) is 7.21. The first-order valence-electron chi connectivity index (χ1n) is 9.94. The maximum absolute atomic E-state index is 12.7. The highest BCUT2D eigenvalue weighted by atomic mass is 16.5. The lowest BCUT2D eigenvalue weighted by Crippen LogP contribution is -2.39. The molecule has 2 amide bonds. The molecule has 0 aromatic heterocycles. The SMILES string of the molecule is COCCOc1cccc(CNC(=O)C2=NN(c3cc(C)ccc3C)C(=O)CC2)c1. The van der Waals surface area contributed by atoms with Crippen LogP contribution < -0.4 is 15.1 Å². The third-order valence-corrected chi connectivity index (χ3v) is 4.80. The zero-order valence-electron chi connectivity index (χ0n) is 17.6. The van der Waals surface area contributed by atoms with Crippen molar-refractivity contribution in [3.05, 3.63) is 59.2 Å². The smallest absolute Gasteiger partial charge is 0.267 e. The number of nitrogens with zero attached hydrogens (tertiary/aromatic N) is 2. The van der Waals surface area contributed by atoms with Gasteiger partial charge in [-0.05, 0) is 48.7 Å². The lowest BCUT2D eigenvalue weighted by Gasteiger charge is -2.24. The Bertz CT molecular complexity index is 955. The Kier molecular flexibility index (Phi) is 7.19. The van der Waals surface area contributed by atoms with Gasteiger partial charge in [0.1, 0.15) is 18.1 Å². The number of amides is 2. The number of hydrogen-bond donors (Lipinski definition) is 1. The fourth-order valence-corrected chi connectivity index (χ4v) is 3.12. The van der Waals surface area contributed by atoms with Crippen molar-refractivity contribution in [1.82, 2.24) is 5.32 Å². The Morgan fingerprint density at radius 2 is 1.97 bits per heavy atom. The second-order valence-electron chi connectivity index (χ2n) is 7.21. The van der Waals surface area contributed by atoms with Crippen LogP contribution in [0, 0.1) is 13.8 Å². The van der Waals surface area contributed by atoms with Crippen molar-refractivity contribution in [3.63, 3.8) is 0 Å². The summed E-state index contributed by atoms with van der Waals surface area (Å²) in [5.74, 6) is 0.338. The van der Waals surface area contributed by atoms with E-state index < -0.39 is 0 Å². The molecular weight excluding hydrogens is 382 g/mol. The van der Waals surface area contributed by atoms with E-state index in [2.05, 4.69) is 10.4 Å². The Hall–Kier alpha value is -3.19. The molecule has 0 saturated carbocycles. The summed E-state index contributed by atoms with van der Waals surface area (Å²) >= 11 is 0. The fraction of sp³-hybridized carbons (Fsp3) is 0.348. The molecule has 30 heavy (non-hydrogen) atoms. The van der Waals surface area contributed by atoms with E-state index in [0.29, 0.717) is 37.6 Å². The van der Waals surface area contributed by atoms with Crippen LogP contribution in [0.3, 0.4) is 0 Å². The van der Waals surface area contributed by atoms with Crippen molar-refractivity contribution >= 4 is 23.2 Å². The quantitative estimate of drug-likeness (QED) is 0.680. The largest absolute Gasteiger partial charge is 0.491 e. The number of methoxy groups -OCH3 is 1. The van der Waals surface area contributed by atoms with Gasteiger partial charge in [0.05, 0.1) is 12.3 Å². The van der Waals surface area contributed by atoms with Gasteiger partial charge in [-0.1, -0.05) is 24.3 Å². The molecule has 0 unspecified atom stereocenters. The highest BCUT2D eigenvalue weighted by Crippen LogP contribution is 2.25. The monoisotopic (exact) mass is 409 g/mol. The lowest BCUT2D eigenvalue weighted by atomic mass is 10.1. The van der Waals surface area contributed by atoms with E-state index >= 15 is 0 Å². The van der Waals surface area contributed by atoms with Gasteiger partial charge in [-0.25, -0.2) is 5.01 Å². The molecule has 2 aromatic rings. The number of benzene rings is 2. The standard InChI is InChI=1S/C23H27N3O4/c1-16-7-8-17(2)21(13-16)26-22(27)10-9-20(25-26)23(28)24-15-18-5-4-6-19(14-18)30-12-11-29-3/h4-8,13-14H,9-12,15H2,1-3H3,(H,24,28). The van der Waals surface area contributed by atoms with Gasteiger partial charge in [-0.15, -0.1) is 0 Å². The Morgan fingerprint density at radius 1 is 1.13 bits per heavy atom. The average Bonchev–Trinajstić information content (AvgIpc) is 2.75. The normalized spacial score (nSPS) is 13.8. The van der Waals surface area contributed by atoms with Crippen molar-refractivity contribution in [1.29, 1.82) is 0 Å². The van der Waals surface area contributed by atoms with E-state index in [9.17, 15) is 9.59 Å². The van der Waals surface area contributed by atoms with E-state index in [0.717, 1.165) is 22.4 Å². The summed E-state index contributed by atoms with van der Waals surface area (Å²) in [6.45, 7) is 5.20. The number of carbonyl (C=O) groups is 2. The number of hydrazone groups is 1. The minimum atomic E-state index is -0.275. The topological polar surface area (TPSA) is 80.2 Å². The molecule has 7 nitrogen and oxygen atoms in total. The van der Waals surface area contributed by atoms with E-state index in [1.807, 2.05) is 56.3 Å². The predicted octanol–water partition coefficient (Wildman–Crippen LogP) is 3.13. The number of carbonyl (C=O) groups excluding carboxylic acids is 2. The van der Waals surface area contributed by atoms with Crippen LogP contribution in [0.5, 0.6) is 5.75 Å². The summed E-state index contributed by atoms with van der Waals surface area (Å²) < 4.78 is 10.6. The number of ether oxygens (including phenoxy) is 2. The number of nitrogens with one attached hydrogen (secondary N) is 1. The molecule has 0 spiro atoms. The minimum absolute atomic E-state index is 0.110. The summed E-state index contributed by atoms with van der Waals surface area (Å²) in [7, 11) is 1.62. The van der Waals surface area contributed by atoms with Gasteiger partial charge in [0.2, 0.25) is 5.91 Å². The molecule has 0 atom stereocenters. The van der Waals surface area contributed by atoms with Crippen molar-refractivity contribution in [3.8, 4) is 5.75 Å². The Balaban J connectivity index is 1.67. The molecule has 0 saturated heterocycles. The number of anilines is 1. The van der Waals surface area contributed by atoms with Gasteiger partial charge in [0.15, 0.2) is 0 Å². The van der Waals surface area contributed by atoms with Crippen LogP contribution in [0.25, 0.3) is 0 Å². The molecule has 0 bridgehead atoms. The van der Waals surface area contributed by atoms with Crippen LogP contribution in [0.4, 0.5) is 5.69 Å². The highest BCUT2D eigenvalue weighted by molar-refractivity contribution is 6.40. The average molecular weight is 409 g/mol. The van der Waals surface area contributed by atoms with Crippen molar-refractivity contribution < 1.29 is 19.1 Å². The summed E-state index contributed by atoms with van der Waals surface area (Å²) in [5.41, 5.74) is 3.94. The fourth-order valence-electron chi connectivity index (χ4n) is 3.12. The number of hydrogen-bond acceptors (Lipinski definition) is 5. The first kappa shape index (κ1) is 21.5. The predicted molar refractivity (Wildman–Crippen MR) is 116 cm³/mol. The molecule has 7 heteroatoms. The molecule has 1 N–H and O–H groups in total. The third-order valence-electron chi connectivity index (χ3n) is 4.80. The van der Waals surface area contributed by atoms with Gasteiger partial charge < -0.3 is 14.8 Å². The first-order valence-corrected chi connectivity index (χ1v) is 9.94. The van der Waals surface area contributed by atoms with Crippen LogP contribution in [0.2, 0.25) is 0 Å². The van der Waals surface area contributed by atoms with Gasteiger partial charge >= 0.3 is 0 Å². The number of aryl methyl sites for hydroxylation is 2. The van der Waals surface area contributed by atoms with E-state index in [-0.39, 0.29) is 18.2 Å². The Labute approximate surface area is 176 Å². The molecule has 1 aliphatic rings. The van der Waals surface area contributed by atoms with Crippen LogP contribution >= 0.6 is 0 Å². The summed E-state index contributed by atoms with van der Waals surface area (Å²) in [6.07, 6.45) is 0.578.